The number of ether oxygens (including phenoxy) is 1. The zero-order valence-corrected chi connectivity index (χ0v) is 23.2. The smallest absolute Gasteiger partial charge is 0.306 e. The van der Waals surface area contributed by atoms with Crippen LogP contribution in [-0.4, -0.2) is 35.3 Å². The van der Waals surface area contributed by atoms with Gasteiger partial charge in [0.25, 0.3) is 0 Å². The van der Waals surface area contributed by atoms with Crippen LogP contribution < -0.4 is 11.5 Å². The third-order valence-corrected chi connectivity index (χ3v) is 6.98. The molecule has 0 aliphatic heterocycles. The summed E-state index contributed by atoms with van der Waals surface area (Å²) in [5, 5.41) is 2.31. The fraction of sp³-hybridized carbons (Fsp3) is 0.406. The number of unbranched alkanes of at least 4 members (excludes halogenated alkanes) is 1. The number of nitrogens with two attached hydrogens (primary N) is 2. The van der Waals surface area contributed by atoms with Crippen molar-refractivity contribution in [2.45, 2.75) is 77.9 Å². The van der Waals surface area contributed by atoms with Crippen LogP contribution in [0, 0.1) is 0 Å². The van der Waals surface area contributed by atoms with E-state index in [1.54, 1.807) is 11.0 Å². The summed E-state index contributed by atoms with van der Waals surface area (Å²) in [5.74, 6) is -0.768. The van der Waals surface area contributed by atoms with Gasteiger partial charge >= 0.3 is 5.97 Å². The Hall–Kier alpha value is -3.87. The number of hydrogen-bond acceptors (Lipinski definition) is 5. The highest BCUT2D eigenvalue weighted by Crippen LogP contribution is 2.22. The van der Waals surface area contributed by atoms with Gasteiger partial charge in [-0.1, -0.05) is 68.4 Å². The van der Waals surface area contributed by atoms with Crippen LogP contribution in [0.5, 0.6) is 0 Å². The summed E-state index contributed by atoms with van der Waals surface area (Å²) in [6, 6.07) is 19.7. The molecule has 1 atom stereocenters. The van der Waals surface area contributed by atoms with E-state index in [1.165, 1.54) is 10.9 Å². The van der Waals surface area contributed by atoms with Gasteiger partial charge in [0.1, 0.15) is 6.61 Å². The molecule has 0 aromatic heterocycles. The summed E-state index contributed by atoms with van der Waals surface area (Å²) in [6.45, 7) is 4.83. The number of anilines is 1. The minimum Gasteiger partial charge on any atom is -0.461 e. The normalized spacial score (nSPS) is 11.7. The van der Waals surface area contributed by atoms with Crippen LogP contribution in [0.25, 0.3) is 10.8 Å². The van der Waals surface area contributed by atoms with Gasteiger partial charge in [-0.2, -0.15) is 0 Å². The van der Waals surface area contributed by atoms with Gasteiger partial charge in [-0.15, -0.1) is 0 Å². The molecule has 0 radical (unpaired) electrons. The first kappa shape index (κ1) is 29.7. The number of primary amides is 1. The van der Waals surface area contributed by atoms with Gasteiger partial charge in [-0.25, -0.2) is 0 Å². The molecule has 0 bridgehead atoms. The Bertz CT molecular complexity index is 1270. The lowest BCUT2D eigenvalue weighted by Crippen LogP contribution is -2.44. The molecule has 7 heteroatoms. The Kier molecular flexibility index (Phi) is 11.3. The summed E-state index contributed by atoms with van der Waals surface area (Å²) in [5.41, 5.74) is 15.2. The highest BCUT2D eigenvalue weighted by atomic mass is 16.5. The summed E-state index contributed by atoms with van der Waals surface area (Å²) >= 11 is 0. The molecule has 3 aromatic rings. The van der Waals surface area contributed by atoms with Crippen molar-refractivity contribution in [3.8, 4) is 0 Å². The lowest BCUT2D eigenvalue weighted by molar-refractivity contribution is -0.145. The number of nitrogen functional groups attached to an aromatic ring is 1. The number of para-hydroxylation sites is 1. The zero-order valence-electron chi connectivity index (χ0n) is 23.2. The molecular formula is C32H41N3O4. The van der Waals surface area contributed by atoms with Crippen molar-refractivity contribution in [1.82, 2.24) is 4.90 Å². The van der Waals surface area contributed by atoms with Crippen molar-refractivity contribution < 1.29 is 19.1 Å². The molecule has 0 aliphatic carbocycles. The van der Waals surface area contributed by atoms with E-state index in [4.69, 9.17) is 16.2 Å². The Morgan fingerprint density at radius 1 is 0.897 bits per heavy atom. The first-order valence-electron chi connectivity index (χ1n) is 13.9. The highest BCUT2D eigenvalue weighted by molar-refractivity contribution is 5.84. The molecule has 3 rings (SSSR count). The van der Waals surface area contributed by atoms with E-state index >= 15 is 0 Å². The average Bonchev–Trinajstić information content (AvgIpc) is 2.92. The lowest BCUT2D eigenvalue weighted by Gasteiger charge is -2.31. The molecule has 0 aliphatic rings. The Morgan fingerprint density at radius 2 is 1.56 bits per heavy atom. The van der Waals surface area contributed by atoms with Crippen molar-refractivity contribution in [3.63, 3.8) is 0 Å². The zero-order chi connectivity index (χ0) is 28.2. The Morgan fingerprint density at radius 3 is 2.23 bits per heavy atom. The van der Waals surface area contributed by atoms with Crippen LogP contribution in [0.15, 0.2) is 60.7 Å². The van der Waals surface area contributed by atoms with Gasteiger partial charge in [0.2, 0.25) is 11.8 Å². The number of aryl methyl sites for hydroxylation is 1. The van der Waals surface area contributed by atoms with Gasteiger partial charge < -0.3 is 21.1 Å². The summed E-state index contributed by atoms with van der Waals surface area (Å²) in [7, 11) is 0. The number of hydrogen-bond donors (Lipinski definition) is 2. The highest BCUT2D eigenvalue weighted by Gasteiger charge is 2.25. The minimum absolute atomic E-state index is 0.0260. The predicted molar refractivity (Wildman–Crippen MR) is 156 cm³/mol. The SMILES string of the molecule is CCCN(C(=O)CCCCC(=O)OCc1ccccc1N)[C@H](CC(N)=O)Cc1ccc2cc(CC)ccc2c1. The maximum Gasteiger partial charge on any atom is 0.306 e. The molecule has 3 aromatic carbocycles. The van der Waals surface area contributed by atoms with Crippen molar-refractivity contribution in [2.75, 3.05) is 12.3 Å². The van der Waals surface area contributed by atoms with Crippen molar-refractivity contribution >= 4 is 34.2 Å². The predicted octanol–water partition coefficient (Wildman–Crippen LogP) is 5.31. The number of benzene rings is 3. The Labute approximate surface area is 231 Å². The molecule has 0 unspecified atom stereocenters. The van der Waals surface area contributed by atoms with E-state index in [1.807, 2.05) is 25.1 Å². The van der Waals surface area contributed by atoms with Crippen LogP contribution >= 0.6 is 0 Å². The van der Waals surface area contributed by atoms with Gasteiger partial charge in [-0.05, 0) is 60.1 Å². The number of nitrogens with zero attached hydrogens (tertiary/aromatic N) is 1. The molecule has 39 heavy (non-hydrogen) atoms. The maximum absolute atomic E-state index is 13.3. The van der Waals surface area contributed by atoms with Gasteiger partial charge in [0, 0.05) is 43.1 Å². The van der Waals surface area contributed by atoms with E-state index in [0.717, 1.165) is 29.4 Å². The van der Waals surface area contributed by atoms with Gasteiger partial charge in [-0.3, -0.25) is 14.4 Å². The minimum atomic E-state index is -0.427. The van der Waals surface area contributed by atoms with Crippen LogP contribution in [0.1, 0.15) is 69.1 Å². The van der Waals surface area contributed by atoms with Crippen LogP contribution in [-0.2, 0) is 38.6 Å². The monoisotopic (exact) mass is 531 g/mol. The largest absolute Gasteiger partial charge is 0.461 e. The topological polar surface area (TPSA) is 116 Å². The first-order chi connectivity index (χ1) is 18.8. The summed E-state index contributed by atoms with van der Waals surface area (Å²) in [6.07, 6.45) is 4.04. The molecule has 2 amide bonds. The van der Waals surface area contributed by atoms with Crippen LogP contribution in [0.3, 0.4) is 0 Å². The Balaban J connectivity index is 1.57. The fourth-order valence-electron chi connectivity index (χ4n) is 4.83. The third-order valence-electron chi connectivity index (χ3n) is 6.98. The second kappa shape index (κ2) is 14.9. The number of esters is 1. The van der Waals surface area contributed by atoms with Crippen molar-refractivity contribution in [2.24, 2.45) is 5.73 Å². The van der Waals surface area contributed by atoms with Crippen LogP contribution in [0.4, 0.5) is 5.69 Å². The van der Waals surface area contributed by atoms with Gasteiger partial charge in [0.15, 0.2) is 0 Å². The summed E-state index contributed by atoms with van der Waals surface area (Å²) in [4.78, 5) is 39.2. The molecule has 0 heterocycles. The molecule has 4 N–H and O–H groups in total. The van der Waals surface area contributed by atoms with E-state index in [9.17, 15) is 14.4 Å². The number of rotatable bonds is 15. The molecule has 0 fully saturated rings. The maximum atomic E-state index is 13.3. The average molecular weight is 532 g/mol. The second-order valence-electron chi connectivity index (χ2n) is 10.1. The number of carbonyl (C=O) groups is 3. The molecular weight excluding hydrogens is 490 g/mol. The molecule has 208 valence electrons. The lowest BCUT2D eigenvalue weighted by atomic mass is 9.97. The molecule has 7 nitrogen and oxygen atoms in total. The fourth-order valence-corrected chi connectivity index (χ4v) is 4.83. The van der Waals surface area contributed by atoms with E-state index < -0.39 is 5.91 Å². The second-order valence-corrected chi connectivity index (χ2v) is 10.1. The quantitative estimate of drug-likeness (QED) is 0.157. The van der Waals surface area contributed by atoms with Gasteiger partial charge in [0.05, 0.1) is 0 Å². The first-order valence-corrected chi connectivity index (χ1v) is 13.9. The van der Waals surface area contributed by atoms with Crippen molar-refractivity contribution in [3.05, 3.63) is 77.4 Å². The number of amides is 2. The van der Waals surface area contributed by atoms with E-state index in [-0.39, 0.29) is 37.4 Å². The van der Waals surface area contributed by atoms with E-state index in [2.05, 4.69) is 43.3 Å². The van der Waals surface area contributed by atoms with Crippen molar-refractivity contribution in [1.29, 1.82) is 0 Å². The number of fused-ring (bicyclic) bond motifs is 1. The number of carbonyl (C=O) groups excluding carboxylic acids is 3. The molecule has 0 saturated carbocycles. The molecule has 0 saturated heterocycles. The molecule has 0 spiro atoms. The standard InChI is InChI=1S/C32H41N3O4/c1-3-17-35(31(37)11-7-8-12-32(38)39-22-27-9-5-6-10-29(27)33)28(21-30(34)36)20-24-14-16-25-18-23(4-2)13-15-26(25)19-24/h5-6,9-10,13-16,18-19,28H,3-4,7-8,11-12,17,20-22,33H2,1-2H3,(H2,34,36)/t28-/m0/s1. The third kappa shape index (κ3) is 9.13. The van der Waals surface area contributed by atoms with E-state index in [0.29, 0.717) is 37.9 Å². The summed E-state index contributed by atoms with van der Waals surface area (Å²) < 4.78 is 5.33. The van der Waals surface area contributed by atoms with Crippen LogP contribution in [0.2, 0.25) is 0 Å².